The van der Waals surface area contributed by atoms with E-state index in [0.29, 0.717) is 0 Å². The summed E-state index contributed by atoms with van der Waals surface area (Å²) in [4.78, 5) is 0. The van der Waals surface area contributed by atoms with Crippen LogP contribution < -0.4 is 5.30 Å². The number of rotatable bonds is 3. The molecule has 0 aliphatic heterocycles. The lowest BCUT2D eigenvalue weighted by Gasteiger charge is -2.12. The second-order valence-corrected chi connectivity index (χ2v) is 5.37. The smallest absolute Gasteiger partial charge is 0.0241 e. The van der Waals surface area contributed by atoms with Crippen molar-refractivity contribution in [3.8, 4) is 0 Å². The molecule has 0 amide bonds. The maximum absolute atomic E-state index is 2.28. The lowest BCUT2D eigenvalue weighted by atomic mass is 10.4. The molecular weight excluding hydrogens is 187 g/mol. The first-order chi connectivity index (χ1) is 5.38. The SMILES string of the molecule is CCP(CC)c1ccccc1.Cl. The molecule has 0 aliphatic rings. The average molecular weight is 203 g/mol. The molecule has 0 unspecified atom stereocenters. The standard InChI is InChI=1S/C10H15P.ClH/c1-3-11(4-2)10-8-6-5-7-9-10;/h5-9H,3-4H2,1-2H3;1H. The van der Waals surface area contributed by atoms with Gasteiger partial charge in [0.15, 0.2) is 0 Å². The normalized spacial score (nSPS) is 9.58. The first-order valence-corrected chi connectivity index (χ1v) is 5.89. The van der Waals surface area contributed by atoms with E-state index in [1.54, 1.807) is 5.30 Å². The third-order valence-electron chi connectivity index (χ3n) is 1.88. The molecule has 1 rings (SSSR count). The van der Waals surface area contributed by atoms with Gasteiger partial charge in [-0.05, 0) is 17.6 Å². The number of benzene rings is 1. The maximum atomic E-state index is 2.28. The molecule has 0 bridgehead atoms. The van der Waals surface area contributed by atoms with Gasteiger partial charge in [-0.1, -0.05) is 52.1 Å². The van der Waals surface area contributed by atoms with Gasteiger partial charge in [-0.25, -0.2) is 0 Å². The Morgan fingerprint density at radius 1 is 1.00 bits per heavy atom. The summed E-state index contributed by atoms with van der Waals surface area (Å²) in [5, 5.41) is 1.55. The Balaban J connectivity index is 0.00000121. The average Bonchev–Trinajstić information content (AvgIpc) is 2.09. The monoisotopic (exact) mass is 202 g/mol. The molecule has 0 saturated heterocycles. The minimum atomic E-state index is 0. The molecular formula is C10H16ClP. The summed E-state index contributed by atoms with van der Waals surface area (Å²) in [7, 11) is 0.149. The van der Waals surface area contributed by atoms with Crippen LogP contribution in [-0.2, 0) is 0 Å². The van der Waals surface area contributed by atoms with Crippen molar-refractivity contribution in [1.29, 1.82) is 0 Å². The van der Waals surface area contributed by atoms with Gasteiger partial charge in [0.2, 0.25) is 0 Å². The minimum Gasteiger partial charge on any atom is -0.147 e. The zero-order valence-electron chi connectivity index (χ0n) is 7.66. The largest absolute Gasteiger partial charge is 0.147 e. The Morgan fingerprint density at radius 2 is 1.50 bits per heavy atom. The van der Waals surface area contributed by atoms with Crippen LogP contribution in [0.25, 0.3) is 0 Å². The van der Waals surface area contributed by atoms with Crippen LogP contribution in [-0.4, -0.2) is 12.3 Å². The van der Waals surface area contributed by atoms with Gasteiger partial charge in [-0.2, -0.15) is 0 Å². The zero-order chi connectivity index (χ0) is 8.10. The summed E-state index contributed by atoms with van der Waals surface area (Å²) >= 11 is 0. The molecule has 0 aliphatic carbocycles. The molecule has 0 atom stereocenters. The predicted octanol–water partition coefficient (Wildman–Crippen LogP) is 3.26. The zero-order valence-corrected chi connectivity index (χ0v) is 9.37. The molecule has 0 saturated carbocycles. The Kier molecular flexibility index (Phi) is 6.42. The van der Waals surface area contributed by atoms with Gasteiger partial charge in [0.1, 0.15) is 0 Å². The van der Waals surface area contributed by atoms with Crippen LogP contribution >= 0.6 is 20.3 Å². The first kappa shape index (κ1) is 11.9. The van der Waals surface area contributed by atoms with Crippen molar-refractivity contribution in [3.63, 3.8) is 0 Å². The second kappa shape index (κ2) is 6.46. The fourth-order valence-corrected chi connectivity index (χ4v) is 3.00. The van der Waals surface area contributed by atoms with E-state index in [-0.39, 0.29) is 20.3 Å². The molecule has 12 heavy (non-hydrogen) atoms. The van der Waals surface area contributed by atoms with Crippen LogP contribution in [0.4, 0.5) is 0 Å². The van der Waals surface area contributed by atoms with Gasteiger partial charge in [0.05, 0.1) is 0 Å². The van der Waals surface area contributed by atoms with Gasteiger partial charge < -0.3 is 0 Å². The van der Waals surface area contributed by atoms with Gasteiger partial charge >= 0.3 is 0 Å². The number of hydrogen-bond acceptors (Lipinski definition) is 0. The van der Waals surface area contributed by atoms with Crippen LogP contribution in [0.2, 0.25) is 0 Å². The van der Waals surface area contributed by atoms with Crippen molar-refractivity contribution in [3.05, 3.63) is 30.3 Å². The molecule has 1 aromatic rings. The van der Waals surface area contributed by atoms with Crippen LogP contribution in [0, 0.1) is 0 Å². The lowest BCUT2D eigenvalue weighted by molar-refractivity contribution is 1.42. The highest BCUT2D eigenvalue weighted by molar-refractivity contribution is 7.65. The van der Waals surface area contributed by atoms with E-state index in [1.807, 2.05) is 0 Å². The molecule has 0 radical (unpaired) electrons. The van der Waals surface area contributed by atoms with Crippen LogP contribution in [0.3, 0.4) is 0 Å². The van der Waals surface area contributed by atoms with Gasteiger partial charge in [0, 0.05) is 0 Å². The highest BCUT2D eigenvalue weighted by Gasteiger charge is 2.03. The summed E-state index contributed by atoms with van der Waals surface area (Å²) in [6, 6.07) is 10.9. The number of halogens is 1. The van der Waals surface area contributed by atoms with Gasteiger partial charge in [0.25, 0.3) is 0 Å². The van der Waals surface area contributed by atoms with Crippen LogP contribution in [0.15, 0.2) is 30.3 Å². The predicted molar refractivity (Wildman–Crippen MR) is 61.3 cm³/mol. The van der Waals surface area contributed by atoms with Crippen molar-refractivity contribution >= 4 is 25.6 Å². The van der Waals surface area contributed by atoms with Crippen LogP contribution in [0.1, 0.15) is 13.8 Å². The van der Waals surface area contributed by atoms with Crippen molar-refractivity contribution in [1.82, 2.24) is 0 Å². The molecule has 68 valence electrons. The van der Waals surface area contributed by atoms with E-state index < -0.39 is 0 Å². The fraction of sp³-hybridized carbons (Fsp3) is 0.400. The van der Waals surface area contributed by atoms with E-state index in [4.69, 9.17) is 0 Å². The quantitative estimate of drug-likeness (QED) is 0.660. The topological polar surface area (TPSA) is 0 Å². The summed E-state index contributed by atoms with van der Waals surface area (Å²) in [6.45, 7) is 4.56. The van der Waals surface area contributed by atoms with E-state index in [2.05, 4.69) is 44.2 Å². The Morgan fingerprint density at radius 3 is 1.92 bits per heavy atom. The Hall–Kier alpha value is -0.0600. The van der Waals surface area contributed by atoms with Crippen molar-refractivity contribution in [2.45, 2.75) is 13.8 Å². The molecule has 0 N–H and O–H groups in total. The fourth-order valence-electron chi connectivity index (χ4n) is 1.23. The van der Waals surface area contributed by atoms with Crippen molar-refractivity contribution < 1.29 is 0 Å². The lowest BCUT2D eigenvalue weighted by Crippen LogP contribution is -2.02. The van der Waals surface area contributed by atoms with Gasteiger partial charge in [-0.3, -0.25) is 0 Å². The number of hydrogen-bond donors (Lipinski definition) is 0. The minimum absolute atomic E-state index is 0. The second-order valence-electron chi connectivity index (χ2n) is 2.51. The summed E-state index contributed by atoms with van der Waals surface area (Å²) < 4.78 is 0. The van der Waals surface area contributed by atoms with E-state index in [9.17, 15) is 0 Å². The summed E-state index contributed by atoms with van der Waals surface area (Å²) in [6.07, 6.45) is 2.63. The highest BCUT2D eigenvalue weighted by atomic mass is 35.5. The molecule has 0 nitrogen and oxygen atoms in total. The first-order valence-electron chi connectivity index (χ1n) is 4.18. The van der Waals surface area contributed by atoms with E-state index in [0.717, 1.165) is 0 Å². The Labute approximate surface area is 82.5 Å². The molecule has 1 aromatic carbocycles. The molecule has 0 aromatic heterocycles. The van der Waals surface area contributed by atoms with Crippen molar-refractivity contribution in [2.75, 3.05) is 12.3 Å². The van der Waals surface area contributed by atoms with E-state index in [1.165, 1.54) is 12.3 Å². The van der Waals surface area contributed by atoms with Gasteiger partial charge in [-0.15, -0.1) is 12.4 Å². The third kappa shape index (κ3) is 3.13. The van der Waals surface area contributed by atoms with Crippen LogP contribution in [0.5, 0.6) is 0 Å². The van der Waals surface area contributed by atoms with E-state index >= 15 is 0 Å². The highest BCUT2D eigenvalue weighted by Crippen LogP contribution is 2.32. The molecule has 2 heteroatoms. The maximum Gasteiger partial charge on any atom is -0.0241 e. The molecule has 0 fully saturated rings. The third-order valence-corrected chi connectivity index (χ3v) is 4.44. The molecule has 0 heterocycles. The Bertz CT molecular complexity index is 194. The summed E-state index contributed by atoms with van der Waals surface area (Å²) in [5.74, 6) is 0. The molecule has 0 spiro atoms. The van der Waals surface area contributed by atoms with Crippen molar-refractivity contribution in [2.24, 2.45) is 0 Å². The summed E-state index contributed by atoms with van der Waals surface area (Å²) in [5.41, 5.74) is 0.